The molecule has 0 N–H and O–H groups in total. The summed E-state index contributed by atoms with van der Waals surface area (Å²) < 4.78 is 5.30. The van der Waals surface area contributed by atoms with Gasteiger partial charge in [-0.3, -0.25) is 9.59 Å². The molecule has 0 aromatic heterocycles. The zero-order valence-electron chi connectivity index (χ0n) is 11.0. The molecule has 96 valence electrons. The Labute approximate surface area is 107 Å². The molecule has 1 aliphatic rings. The van der Waals surface area contributed by atoms with Crippen molar-refractivity contribution in [1.82, 2.24) is 0 Å². The number of hydrogen-bond acceptors (Lipinski definition) is 3. The molecule has 0 bridgehead atoms. The number of esters is 1. The molecule has 0 heterocycles. The molecule has 0 aliphatic heterocycles. The molecule has 18 heavy (non-hydrogen) atoms. The summed E-state index contributed by atoms with van der Waals surface area (Å²) in [6.07, 6.45) is 1.30. The minimum Gasteiger partial charge on any atom is -0.459 e. The molecular weight excluding hydrogens is 228 g/mol. The minimum absolute atomic E-state index is 0.105. The molecule has 1 atom stereocenters. The van der Waals surface area contributed by atoms with Gasteiger partial charge in [0.05, 0.1) is 0 Å². The third-order valence-electron chi connectivity index (χ3n) is 2.99. The van der Waals surface area contributed by atoms with Gasteiger partial charge in [0.2, 0.25) is 0 Å². The van der Waals surface area contributed by atoms with Gasteiger partial charge in [-0.15, -0.1) is 0 Å². The molecule has 1 aromatic carbocycles. The van der Waals surface area contributed by atoms with Crippen LogP contribution in [0.5, 0.6) is 0 Å². The van der Waals surface area contributed by atoms with E-state index in [2.05, 4.69) is 0 Å². The van der Waals surface area contributed by atoms with E-state index in [4.69, 9.17) is 4.74 Å². The fraction of sp³-hybridized carbons (Fsp3) is 0.467. The van der Waals surface area contributed by atoms with Gasteiger partial charge < -0.3 is 4.74 Å². The maximum atomic E-state index is 12.2. The van der Waals surface area contributed by atoms with Crippen molar-refractivity contribution in [2.45, 2.75) is 39.2 Å². The Kier molecular flexibility index (Phi) is 3.24. The Morgan fingerprint density at radius 1 is 1.28 bits per heavy atom. The highest BCUT2D eigenvalue weighted by atomic mass is 16.6. The Balaban J connectivity index is 2.19. The van der Waals surface area contributed by atoms with Gasteiger partial charge in [-0.25, -0.2) is 0 Å². The van der Waals surface area contributed by atoms with Crippen LogP contribution in [0.1, 0.15) is 43.1 Å². The van der Waals surface area contributed by atoms with Crippen molar-refractivity contribution in [3.63, 3.8) is 0 Å². The Bertz CT molecular complexity index is 483. The van der Waals surface area contributed by atoms with E-state index in [1.54, 1.807) is 6.07 Å². The fourth-order valence-electron chi connectivity index (χ4n) is 2.20. The zero-order chi connectivity index (χ0) is 13.3. The van der Waals surface area contributed by atoms with E-state index >= 15 is 0 Å². The lowest BCUT2D eigenvalue weighted by molar-refractivity contribution is -0.158. The number of fused-ring (bicyclic) bond motifs is 1. The first-order chi connectivity index (χ1) is 8.38. The Morgan fingerprint density at radius 3 is 2.61 bits per heavy atom. The molecule has 0 saturated carbocycles. The van der Waals surface area contributed by atoms with Crippen LogP contribution in [0.15, 0.2) is 24.3 Å². The van der Waals surface area contributed by atoms with Crippen molar-refractivity contribution in [2.24, 2.45) is 5.92 Å². The first kappa shape index (κ1) is 12.8. The summed E-state index contributed by atoms with van der Waals surface area (Å²) in [5.74, 6) is -1.15. The molecule has 0 spiro atoms. The van der Waals surface area contributed by atoms with Crippen molar-refractivity contribution in [3.8, 4) is 0 Å². The molecule has 1 aliphatic carbocycles. The summed E-state index contributed by atoms with van der Waals surface area (Å²) in [6.45, 7) is 5.43. The summed E-state index contributed by atoms with van der Waals surface area (Å²) in [7, 11) is 0. The summed E-state index contributed by atoms with van der Waals surface area (Å²) in [5.41, 5.74) is 1.15. The molecule has 3 heteroatoms. The number of hydrogen-bond donors (Lipinski definition) is 0. The summed E-state index contributed by atoms with van der Waals surface area (Å²) in [4.78, 5) is 24.2. The number of ketones is 1. The lowest BCUT2D eigenvalue weighted by atomic mass is 9.83. The number of carbonyl (C=O) groups is 2. The number of aryl methyl sites for hydroxylation is 1. The third kappa shape index (κ3) is 2.61. The Hall–Kier alpha value is -1.64. The van der Waals surface area contributed by atoms with Crippen LogP contribution in [-0.2, 0) is 16.0 Å². The van der Waals surface area contributed by atoms with Crippen LogP contribution in [0.25, 0.3) is 0 Å². The van der Waals surface area contributed by atoms with Crippen LogP contribution in [-0.4, -0.2) is 17.4 Å². The van der Waals surface area contributed by atoms with Crippen LogP contribution in [0, 0.1) is 5.92 Å². The molecule has 0 unspecified atom stereocenters. The molecular formula is C15H18O3. The highest BCUT2D eigenvalue weighted by Crippen LogP contribution is 2.27. The smallest absolute Gasteiger partial charge is 0.317 e. The number of ether oxygens (including phenoxy) is 1. The lowest BCUT2D eigenvalue weighted by Crippen LogP contribution is -2.35. The van der Waals surface area contributed by atoms with Gasteiger partial charge in [0.25, 0.3) is 0 Å². The van der Waals surface area contributed by atoms with E-state index in [1.807, 2.05) is 39.0 Å². The van der Waals surface area contributed by atoms with Gasteiger partial charge in [-0.1, -0.05) is 24.3 Å². The summed E-state index contributed by atoms with van der Waals surface area (Å²) in [6, 6.07) is 7.47. The molecule has 0 radical (unpaired) electrons. The highest BCUT2D eigenvalue weighted by molar-refractivity contribution is 6.10. The average Bonchev–Trinajstić information content (AvgIpc) is 2.27. The van der Waals surface area contributed by atoms with Crippen LogP contribution in [0.4, 0.5) is 0 Å². The second kappa shape index (κ2) is 4.56. The maximum Gasteiger partial charge on any atom is 0.317 e. The van der Waals surface area contributed by atoms with Crippen molar-refractivity contribution in [3.05, 3.63) is 35.4 Å². The van der Waals surface area contributed by atoms with E-state index in [0.29, 0.717) is 12.0 Å². The van der Waals surface area contributed by atoms with Crippen LogP contribution < -0.4 is 0 Å². The fourth-order valence-corrected chi connectivity index (χ4v) is 2.20. The molecule has 0 fully saturated rings. The SMILES string of the molecule is CC(C)(C)OC(=O)[C@H]1CCc2ccccc2C1=O. The van der Waals surface area contributed by atoms with Gasteiger partial charge in [0, 0.05) is 5.56 Å². The van der Waals surface area contributed by atoms with E-state index in [9.17, 15) is 9.59 Å². The Morgan fingerprint density at radius 2 is 1.94 bits per heavy atom. The summed E-state index contributed by atoms with van der Waals surface area (Å²) in [5, 5.41) is 0. The second-order valence-corrected chi connectivity index (χ2v) is 5.65. The van der Waals surface area contributed by atoms with Crippen molar-refractivity contribution >= 4 is 11.8 Å². The minimum atomic E-state index is -0.640. The van der Waals surface area contributed by atoms with Gasteiger partial charge in [0.15, 0.2) is 5.78 Å². The largest absolute Gasteiger partial charge is 0.459 e. The van der Waals surface area contributed by atoms with Crippen LogP contribution in [0.3, 0.4) is 0 Å². The lowest BCUT2D eigenvalue weighted by Gasteiger charge is -2.26. The third-order valence-corrected chi connectivity index (χ3v) is 2.99. The number of carbonyl (C=O) groups excluding carboxylic acids is 2. The van der Waals surface area contributed by atoms with Gasteiger partial charge in [-0.2, -0.15) is 0 Å². The first-order valence-corrected chi connectivity index (χ1v) is 6.23. The topological polar surface area (TPSA) is 43.4 Å². The van der Waals surface area contributed by atoms with Gasteiger partial charge >= 0.3 is 5.97 Å². The molecule has 3 nitrogen and oxygen atoms in total. The first-order valence-electron chi connectivity index (χ1n) is 6.23. The molecule has 1 aromatic rings. The van der Waals surface area contributed by atoms with E-state index < -0.39 is 17.5 Å². The van der Waals surface area contributed by atoms with E-state index in [0.717, 1.165) is 12.0 Å². The van der Waals surface area contributed by atoms with Crippen molar-refractivity contribution in [2.75, 3.05) is 0 Å². The number of rotatable bonds is 1. The predicted octanol–water partition coefficient (Wildman–Crippen LogP) is 2.77. The molecule has 0 saturated heterocycles. The normalized spacial score (nSPS) is 19.3. The second-order valence-electron chi connectivity index (χ2n) is 5.65. The van der Waals surface area contributed by atoms with Gasteiger partial charge in [0.1, 0.15) is 11.5 Å². The van der Waals surface area contributed by atoms with Crippen LogP contribution >= 0.6 is 0 Å². The van der Waals surface area contributed by atoms with Crippen LogP contribution in [0.2, 0.25) is 0 Å². The van der Waals surface area contributed by atoms with E-state index in [-0.39, 0.29) is 5.78 Å². The van der Waals surface area contributed by atoms with Crippen molar-refractivity contribution < 1.29 is 14.3 Å². The standard InChI is InChI=1S/C15H18O3/c1-15(2,3)18-14(17)12-9-8-10-6-4-5-7-11(10)13(12)16/h4-7,12H,8-9H2,1-3H3/t12-/m0/s1. The van der Waals surface area contributed by atoms with E-state index in [1.165, 1.54) is 0 Å². The van der Waals surface area contributed by atoms with Gasteiger partial charge in [-0.05, 0) is 39.2 Å². The molecule has 2 rings (SSSR count). The van der Waals surface area contributed by atoms with Crippen molar-refractivity contribution in [1.29, 1.82) is 0 Å². The average molecular weight is 246 g/mol. The summed E-state index contributed by atoms with van der Waals surface area (Å²) >= 11 is 0. The zero-order valence-corrected chi connectivity index (χ0v) is 11.0. The highest BCUT2D eigenvalue weighted by Gasteiger charge is 2.35. The maximum absolute atomic E-state index is 12.2. The molecule has 0 amide bonds. The number of Topliss-reactive ketones (excluding diaryl/α,β-unsaturated/α-hetero) is 1. The monoisotopic (exact) mass is 246 g/mol. The quantitative estimate of drug-likeness (QED) is 0.565. The predicted molar refractivity (Wildman–Crippen MR) is 68.4 cm³/mol. The number of benzene rings is 1.